The Labute approximate surface area is 408 Å². The van der Waals surface area contributed by atoms with Gasteiger partial charge >= 0.3 is 0 Å². The van der Waals surface area contributed by atoms with Gasteiger partial charge in [0.1, 0.15) is 4.90 Å². The second-order valence-electron chi connectivity index (χ2n) is 14.3. The average Bonchev–Trinajstić information content (AvgIpc) is 3.35. The van der Waals surface area contributed by atoms with Gasteiger partial charge in [-0.3, -0.25) is 4.55 Å². The summed E-state index contributed by atoms with van der Waals surface area (Å²) in [5, 5.41) is 31.7. The van der Waals surface area contributed by atoms with Gasteiger partial charge in [-0.25, -0.2) is 5.26 Å². The van der Waals surface area contributed by atoms with Crippen LogP contribution in [0.1, 0.15) is 11.1 Å². The summed E-state index contributed by atoms with van der Waals surface area (Å²) >= 11 is 0.670. The van der Waals surface area contributed by atoms with Gasteiger partial charge in [-0.05, 0) is 59.7 Å². The van der Waals surface area contributed by atoms with Crippen LogP contribution >= 0.6 is 12.0 Å². The fourth-order valence-electron chi connectivity index (χ4n) is 6.00. The van der Waals surface area contributed by atoms with E-state index < -0.39 is 15.0 Å². The third-order valence-corrected chi connectivity index (χ3v) is 10.6. The minimum Gasteiger partial charge on any atom is -0.378 e. The zero-order chi connectivity index (χ0) is 49.2. The molecule has 70 heavy (non-hydrogen) atoms. The molecule has 0 fully saturated rings. The number of aromatic nitrogens is 6. The standard InChI is InChI=1S/C44H54N14O10S2/c45-17-21-63-25-27-65-23-19-47-39-53-41(49-33-7-3-1-4-8-33)57-43(55-39)51-35-15-13-31(37(29-35)69-68-67-59)11-12-32-14-16-36(30-38(32)70(60,61)62)52-44-56-40(48-20-24-66-28-26-64-22-18-46)54-42(58-44)50-34-9-5-2-6-10-34/h1-16,29-30,59H,17-28,45-46H2,(H,60,61,62)(H3,47,49,51,53,55,57)(H3,48,50,52,54,56,58)/b12-11+. The van der Waals surface area contributed by atoms with Crippen molar-refractivity contribution < 1.29 is 46.5 Å². The SMILES string of the molecule is NCCOCCOCCNc1nc(Nc2ccccc2)nc(Nc2ccc(/C=C/c3ccc(Nc4nc(NCCOCCOCCN)nc(Nc5ccccc5)n4)cc3S(=O)(=O)O)c(SOOO)c2)n1. The molecule has 372 valence electrons. The van der Waals surface area contributed by atoms with Crippen LogP contribution in [0.4, 0.5) is 58.4 Å². The molecule has 0 aliphatic carbocycles. The number of nitrogens with zero attached hydrogens (tertiary/aromatic N) is 6. The molecule has 4 aromatic carbocycles. The maximum atomic E-state index is 12.8. The zero-order valence-electron chi connectivity index (χ0n) is 37.7. The number of ether oxygens (including phenoxy) is 4. The van der Waals surface area contributed by atoms with Crippen molar-refractivity contribution in [3.63, 3.8) is 0 Å². The summed E-state index contributed by atoms with van der Waals surface area (Å²) in [6.07, 6.45) is 3.08. The van der Waals surface area contributed by atoms with Crippen LogP contribution in [0.5, 0.6) is 0 Å². The fourth-order valence-corrected chi connectivity index (χ4v) is 7.22. The summed E-state index contributed by atoms with van der Waals surface area (Å²) in [4.78, 5) is 27.0. The number of anilines is 10. The van der Waals surface area contributed by atoms with Crippen molar-refractivity contribution in [3.05, 3.63) is 108 Å². The molecular weight excluding hydrogens is 949 g/mol. The summed E-state index contributed by atoms with van der Waals surface area (Å²) < 4.78 is 62.7. The van der Waals surface area contributed by atoms with Gasteiger partial charge in [0.2, 0.25) is 35.7 Å². The largest absolute Gasteiger partial charge is 0.378 e. The van der Waals surface area contributed by atoms with E-state index in [1.165, 1.54) is 18.2 Å². The molecule has 0 saturated heterocycles. The third kappa shape index (κ3) is 18.3. The zero-order valence-corrected chi connectivity index (χ0v) is 39.3. The van der Waals surface area contributed by atoms with E-state index in [1.807, 2.05) is 60.7 Å². The lowest BCUT2D eigenvalue weighted by molar-refractivity contribution is -0.432. The van der Waals surface area contributed by atoms with Gasteiger partial charge in [-0.2, -0.15) is 38.3 Å². The van der Waals surface area contributed by atoms with Crippen LogP contribution in [0.2, 0.25) is 0 Å². The predicted octanol–water partition coefficient (Wildman–Crippen LogP) is 5.68. The van der Waals surface area contributed by atoms with Crippen molar-refractivity contribution in [2.45, 2.75) is 9.79 Å². The Hall–Kier alpha value is -6.66. The minimum atomic E-state index is -4.78. The number of nitrogens with one attached hydrogen (secondary N) is 6. The van der Waals surface area contributed by atoms with Crippen LogP contribution in [0.3, 0.4) is 0 Å². The van der Waals surface area contributed by atoms with Gasteiger partial charge in [-0.1, -0.05) is 65.7 Å². The second-order valence-corrected chi connectivity index (χ2v) is 16.4. The van der Waals surface area contributed by atoms with Crippen molar-refractivity contribution in [1.82, 2.24) is 29.9 Å². The number of hydrogen-bond donors (Lipinski definition) is 10. The Morgan fingerprint density at radius 1 is 0.514 bits per heavy atom. The minimum absolute atomic E-state index is 0.0669. The molecule has 0 radical (unpaired) electrons. The molecular formula is C44H54N14O10S2. The van der Waals surface area contributed by atoms with Gasteiger partial charge in [0.25, 0.3) is 10.1 Å². The molecule has 0 bridgehead atoms. The summed E-state index contributed by atoms with van der Waals surface area (Å²) in [6.45, 7) is 4.82. The fraction of sp³-hybridized carbons (Fsp3) is 0.273. The normalized spacial score (nSPS) is 11.4. The van der Waals surface area contributed by atoms with Crippen LogP contribution in [0.15, 0.2) is 107 Å². The molecule has 0 aliphatic heterocycles. The highest BCUT2D eigenvalue weighted by atomic mass is 32.2. The molecule has 0 saturated carbocycles. The first-order valence-electron chi connectivity index (χ1n) is 21.7. The van der Waals surface area contributed by atoms with E-state index in [2.05, 4.69) is 66.8 Å². The van der Waals surface area contributed by atoms with E-state index >= 15 is 0 Å². The van der Waals surface area contributed by atoms with Crippen molar-refractivity contribution in [3.8, 4) is 0 Å². The highest BCUT2D eigenvalue weighted by Crippen LogP contribution is 2.32. The van der Waals surface area contributed by atoms with E-state index in [4.69, 9.17) is 40.0 Å². The van der Waals surface area contributed by atoms with Gasteiger partial charge in [-0.15, -0.1) is 4.33 Å². The molecule has 24 nitrogen and oxygen atoms in total. The maximum Gasteiger partial charge on any atom is 0.295 e. The topological polar surface area (TPSA) is 332 Å². The lowest BCUT2D eigenvalue weighted by Crippen LogP contribution is -2.16. The highest BCUT2D eigenvalue weighted by molar-refractivity contribution is 7.94. The number of hydrogen-bond acceptors (Lipinski definition) is 24. The van der Waals surface area contributed by atoms with Gasteiger partial charge in [0, 0.05) is 53.8 Å². The quantitative estimate of drug-likeness (QED) is 0.00606. The third-order valence-electron chi connectivity index (χ3n) is 9.07. The lowest BCUT2D eigenvalue weighted by atomic mass is 10.1. The summed E-state index contributed by atoms with van der Waals surface area (Å²) in [5.74, 6) is 1.16. The molecule has 0 unspecified atom stereocenters. The van der Waals surface area contributed by atoms with Crippen molar-refractivity contribution in [2.24, 2.45) is 11.5 Å². The number of nitrogens with two attached hydrogens (primary N) is 2. The average molecular weight is 1000 g/mol. The van der Waals surface area contributed by atoms with E-state index in [9.17, 15) is 13.0 Å². The molecule has 2 aromatic heterocycles. The van der Waals surface area contributed by atoms with Crippen molar-refractivity contribution in [1.29, 1.82) is 0 Å². The smallest absolute Gasteiger partial charge is 0.295 e. The number of benzene rings is 4. The Balaban J connectivity index is 1.19. The van der Waals surface area contributed by atoms with E-state index in [-0.39, 0.29) is 46.9 Å². The van der Waals surface area contributed by atoms with Crippen LogP contribution in [0.25, 0.3) is 12.2 Å². The molecule has 0 amide bonds. The van der Waals surface area contributed by atoms with Crippen LogP contribution in [-0.4, -0.2) is 127 Å². The Kier molecular flexibility index (Phi) is 21.6. The molecule has 6 rings (SSSR count). The maximum absolute atomic E-state index is 12.8. The highest BCUT2D eigenvalue weighted by Gasteiger charge is 2.17. The van der Waals surface area contributed by atoms with Crippen LogP contribution < -0.4 is 43.4 Å². The first-order valence-corrected chi connectivity index (χ1v) is 23.8. The summed E-state index contributed by atoms with van der Waals surface area (Å²) in [7, 11) is -4.78. The predicted molar refractivity (Wildman–Crippen MR) is 266 cm³/mol. The first kappa shape index (κ1) is 52.7. The van der Waals surface area contributed by atoms with Gasteiger partial charge in [0.05, 0.1) is 64.9 Å². The molecule has 12 N–H and O–H groups in total. The lowest BCUT2D eigenvalue weighted by Gasteiger charge is -2.13. The number of para-hydroxylation sites is 2. The van der Waals surface area contributed by atoms with E-state index in [0.717, 1.165) is 5.69 Å². The Bertz CT molecular complexity index is 2670. The molecule has 0 aliphatic rings. The Morgan fingerprint density at radius 2 is 0.929 bits per heavy atom. The van der Waals surface area contributed by atoms with Crippen LogP contribution in [-0.2, 0) is 38.4 Å². The second kappa shape index (κ2) is 28.7. The molecule has 0 atom stereocenters. The summed E-state index contributed by atoms with van der Waals surface area (Å²) in [5.41, 5.74) is 13.7. The Morgan fingerprint density at radius 3 is 1.39 bits per heavy atom. The molecule has 6 aromatic rings. The van der Waals surface area contributed by atoms with Crippen molar-refractivity contribution in [2.75, 3.05) is 111 Å². The first-order chi connectivity index (χ1) is 34.2. The van der Waals surface area contributed by atoms with Gasteiger partial charge < -0.3 is 62.3 Å². The van der Waals surface area contributed by atoms with Gasteiger partial charge in [0.15, 0.2) is 0 Å². The molecule has 2 heterocycles. The van der Waals surface area contributed by atoms with Crippen molar-refractivity contribution >= 4 is 92.8 Å². The summed E-state index contributed by atoms with van der Waals surface area (Å²) in [6, 6.07) is 28.0. The molecule has 0 spiro atoms. The monoisotopic (exact) mass is 1000 g/mol. The number of rotatable bonds is 32. The molecule has 26 heteroatoms. The van der Waals surface area contributed by atoms with E-state index in [0.29, 0.717) is 113 Å². The van der Waals surface area contributed by atoms with Crippen LogP contribution in [0, 0.1) is 0 Å². The van der Waals surface area contributed by atoms with E-state index in [1.54, 1.807) is 30.3 Å².